The average molecular weight is 746 g/mol. The van der Waals surface area contributed by atoms with Gasteiger partial charge in [-0.3, -0.25) is 9.36 Å². The van der Waals surface area contributed by atoms with Crippen molar-refractivity contribution in [2.45, 2.75) is 26.8 Å². The minimum atomic E-state index is -0.848. The van der Waals surface area contributed by atoms with Crippen LogP contribution in [0.25, 0.3) is 6.08 Å². The molecule has 194 valence electrons. The van der Waals surface area contributed by atoms with Crippen molar-refractivity contribution in [3.63, 3.8) is 0 Å². The molecule has 0 unspecified atom stereocenters. The van der Waals surface area contributed by atoms with Crippen molar-refractivity contribution in [1.82, 2.24) is 4.57 Å². The second-order valence-corrected chi connectivity index (χ2v) is 11.4. The number of phenols is 1. The van der Waals surface area contributed by atoms with Crippen molar-refractivity contribution < 1.29 is 24.1 Å². The lowest BCUT2D eigenvalue weighted by Crippen LogP contribution is -2.40. The van der Waals surface area contributed by atoms with Crippen LogP contribution >= 0.6 is 56.5 Å². The Bertz CT molecular complexity index is 1590. The molecule has 1 aromatic heterocycles. The number of aromatic nitrogens is 1. The van der Waals surface area contributed by atoms with Crippen LogP contribution in [0, 0.1) is 7.14 Å². The van der Waals surface area contributed by atoms with E-state index >= 15 is 0 Å². The summed E-state index contributed by atoms with van der Waals surface area (Å²) >= 11 is 5.41. The van der Waals surface area contributed by atoms with Crippen LogP contribution in [0.1, 0.15) is 37.9 Å². The predicted molar refractivity (Wildman–Crippen MR) is 158 cm³/mol. The standard InChI is InChI=1S/C26H24I2N2O6S/c1-5-35-23-16(8-7-9-18(23)34-4)21-20(25(33)36-6-2)13(3)29-26-30(21)24(32)19(37-26)11-14-10-15(27)12-17(28)22(14)31/h7-12,21,31H,5-6H2,1-4H3/b19-11+/t21-/m0/s1. The van der Waals surface area contributed by atoms with Gasteiger partial charge in [0.05, 0.1) is 39.7 Å². The molecule has 1 atom stereocenters. The number of halogens is 2. The van der Waals surface area contributed by atoms with E-state index in [9.17, 15) is 14.7 Å². The van der Waals surface area contributed by atoms with Gasteiger partial charge in [-0.2, -0.15) is 0 Å². The fourth-order valence-corrected chi connectivity index (χ4v) is 7.06. The number of nitrogens with zero attached hydrogens (tertiary/aromatic N) is 2. The van der Waals surface area contributed by atoms with E-state index in [1.54, 1.807) is 44.2 Å². The summed E-state index contributed by atoms with van der Waals surface area (Å²) in [6.45, 7) is 5.84. The Hall–Kier alpha value is -2.39. The van der Waals surface area contributed by atoms with Crippen molar-refractivity contribution in [1.29, 1.82) is 0 Å². The summed E-state index contributed by atoms with van der Waals surface area (Å²) < 4.78 is 20.3. The number of rotatable bonds is 7. The van der Waals surface area contributed by atoms with Crippen molar-refractivity contribution in [3.8, 4) is 17.2 Å². The molecule has 8 nitrogen and oxygen atoms in total. The van der Waals surface area contributed by atoms with E-state index in [4.69, 9.17) is 14.2 Å². The highest BCUT2D eigenvalue weighted by molar-refractivity contribution is 14.1. The molecule has 0 saturated carbocycles. The average Bonchev–Trinajstić information content (AvgIpc) is 3.16. The highest BCUT2D eigenvalue weighted by Gasteiger charge is 2.36. The number of carbonyl (C=O) groups is 1. The summed E-state index contributed by atoms with van der Waals surface area (Å²) in [5, 5.41) is 10.6. The molecule has 2 heterocycles. The Labute approximate surface area is 244 Å². The van der Waals surface area contributed by atoms with Crippen LogP contribution in [0.5, 0.6) is 17.2 Å². The molecule has 0 fully saturated rings. The Morgan fingerprint density at radius 2 is 2.00 bits per heavy atom. The van der Waals surface area contributed by atoms with E-state index in [0.29, 0.717) is 47.8 Å². The molecule has 3 aromatic rings. The van der Waals surface area contributed by atoms with E-state index < -0.39 is 12.0 Å². The van der Waals surface area contributed by atoms with Crippen molar-refractivity contribution in [2.75, 3.05) is 20.3 Å². The molecule has 1 aliphatic heterocycles. The Kier molecular flexibility index (Phi) is 8.63. The molecule has 4 rings (SSSR count). The van der Waals surface area contributed by atoms with E-state index in [1.807, 2.05) is 13.0 Å². The molecule has 1 aliphatic rings. The first-order valence-corrected chi connectivity index (χ1v) is 14.4. The molecule has 2 aromatic carbocycles. The van der Waals surface area contributed by atoms with E-state index in [-0.39, 0.29) is 23.5 Å². The molecule has 0 radical (unpaired) electrons. The van der Waals surface area contributed by atoms with E-state index in [1.165, 1.54) is 23.0 Å². The van der Waals surface area contributed by atoms with Gasteiger partial charge in [0.2, 0.25) is 0 Å². The first kappa shape index (κ1) is 27.6. The van der Waals surface area contributed by atoms with Gasteiger partial charge in [0.25, 0.3) is 5.56 Å². The fraction of sp³-hybridized carbons (Fsp3) is 0.269. The molecule has 37 heavy (non-hydrogen) atoms. The number of phenolic OH excluding ortho intramolecular Hbond substituents is 1. The number of esters is 1. The Morgan fingerprint density at radius 1 is 1.24 bits per heavy atom. The van der Waals surface area contributed by atoms with Gasteiger partial charge in [-0.15, -0.1) is 0 Å². The van der Waals surface area contributed by atoms with Gasteiger partial charge in [0.1, 0.15) is 11.8 Å². The van der Waals surface area contributed by atoms with Crippen molar-refractivity contribution in [2.24, 2.45) is 4.99 Å². The molecular formula is C26H24I2N2O6S. The lowest BCUT2D eigenvalue weighted by molar-refractivity contribution is -0.139. The van der Waals surface area contributed by atoms with Crippen LogP contribution in [0.3, 0.4) is 0 Å². The third kappa shape index (κ3) is 5.30. The maximum Gasteiger partial charge on any atom is 0.338 e. The number of carbonyl (C=O) groups excluding carboxylic acids is 1. The number of allylic oxidation sites excluding steroid dienone is 1. The number of hydrogen-bond donors (Lipinski definition) is 1. The van der Waals surface area contributed by atoms with Crippen molar-refractivity contribution in [3.05, 3.63) is 79.6 Å². The quantitative estimate of drug-likeness (QED) is 0.289. The van der Waals surface area contributed by atoms with Crippen LogP contribution in [-0.2, 0) is 9.53 Å². The zero-order chi connectivity index (χ0) is 26.9. The smallest absolute Gasteiger partial charge is 0.338 e. The number of fused-ring (bicyclic) bond motifs is 1. The lowest BCUT2D eigenvalue weighted by atomic mass is 9.94. The monoisotopic (exact) mass is 746 g/mol. The number of benzene rings is 2. The number of ether oxygens (including phenoxy) is 3. The van der Waals surface area contributed by atoms with Crippen LogP contribution in [0.2, 0.25) is 0 Å². The van der Waals surface area contributed by atoms with Crippen LogP contribution < -0.4 is 24.4 Å². The second-order valence-electron chi connectivity index (χ2n) is 7.94. The normalized spacial score (nSPS) is 15.3. The largest absolute Gasteiger partial charge is 0.506 e. The summed E-state index contributed by atoms with van der Waals surface area (Å²) in [6.07, 6.45) is 1.65. The SMILES string of the molecule is CCOC(=O)C1=C(C)N=c2s/c(=C/c3cc(I)cc(I)c3O)c(=O)n2[C@H]1c1cccc(OC)c1OCC. The van der Waals surface area contributed by atoms with Crippen LogP contribution in [-0.4, -0.2) is 36.0 Å². The van der Waals surface area contributed by atoms with Crippen LogP contribution in [0.15, 0.2) is 51.4 Å². The van der Waals surface area contributed by atoms with Gasteiger partial charge in [-0.05, 0) is 90.2 Å². The summed E-state index contributed by atoms with van der Waals surface area (Å²) in [4.78, 5) is 32.1. The minimum Gasteiger partial charge on any atom is -0.506 e. The number of thiazole rings is 1. The molecule has 11 heteroatoms. The molecule has 0 aliphatic carbocycles. The zero-order valence-corrected chi connectivity index (χ0v) is 25.6. The molecule has 0 saturated heterocycles. The lowest BCUT2D eigenvalue weighted by Gasteiger charge is -2.26. The summed E-state index contributed by atoms with van der Waals surface area (Å²) in [5.74, 6) is 0.461. The maximum atomic E-state index is 13.9. The minimum absolute atomic E-state index is 0.0956. The second kappa shape index (κ2) is 11.6. The maximum absolute atomic E-state index is 13.9. The molecular weight excluding hydrogens is 722 g/mol. The van der Waals surface area contributed by atoms with Gasteiger partial charge in [0.15, 0.2) is 16.3 Å². The molecule has 1 N–H and O–H groups in total. The van der Waals surface area contributed by atoms with Gasteiger partial charge < -0.3 is 19.3 Å². The summed E-state index contributed by atoms with van der Waals surface area (Å²) in [5.41, 5.74) is 1.46. The molecule has 0 spiro atoms. The molecule has 0 amide bonds. The highest BCUT2D eigenvalue weighted by atomic mass is 127. The number of para-hydroxylation sites is 1. The van der Waals surface area contributed by atoms with Gasteiger partial charge in [0, 0.05) is 14.7 Å². The number of hydrogen-bond acceptors (Lipinski definition) is 8. The first-order chi connectivity index (χ1) is 17.7. The third-order valence-corrected chi connectivity index (χ3v) is 8.10. The van der Waals surface area contributed by atoms with Crippen LogP contribution in [0.4, 0.5) is 0 Å². The Morgan fingerprint density at radius 3 is 2.68 bits per heavy atom. The molecule has 0 bridgehead atoms. The van der Waals surface area contributed by atoms with Crippen molar-refractivity contribution >= 4 is 68.6 Å². The van der Waals surface area contributed by atoms with E-state index in [2.05, 4.69) is 50.2 Å². The number of aromatic hydroxyl groups is 1. The third-order valence-electron chi connectivity index (χ3n) is 5.67. The van der Waals surface area contributed by atoms with Gasteiger partial charge in [-0.1, -0.05) is 23.5 Å². The van der Waals surface area contributed by atoms with Gasteiger partial charge >= 0.3 is 5.97 Å². The summed E-state index contributed by atoms with van der Waals surface area (Å²) in [7, 11) is 1.54. The first-order valence-electron chi connectivity index (χ1n) is 11.4. The number of methoxy groups -OCH3 is 1. The van der Waals surface area contributed by atoms with E-state index in [0.717, 1.165) is 3.57 Å². The summed E-state index contributed by atoms with van der Waals surface area (Å²) in [6, 6.07) is 8.16. The fourth-order valence-electron chi connectivity index (χ4n) is 4.13. The topological polar surface area (TPSA) is 99.4 Å². The highest BCUT2D eigenvalue weighted by Crippen LogP contribution is 2.40. The Balaban J connectivity index is 2.04. The zero-order valence-electron chi connectivity index (χ0n) is 20.5. The van der Waals surface area contributed by atoms with Gasteiger partial charge in [-0.25, -0.2) is 9.79 Å². The predicted octanol–water partition coefficient (Wildman–Crippen LogP) is 4.12.